The maximum absolute atomic E-state index is 5.47. The maximum atomic E-state index is 5.47. The second-order valence-corrected chi connectivity index (χ2v) is 2.87. The number of aromatic nitrogens is 2. The average Bonchev–Trinajstić information content (AvgIpc) is 2.01. The average molecular weight is 198 g/mol. The van der Waals surface area contributed by atoms with Crippen LogP contribution in [0.3, 0.4) is 0 Å². The van der Waals surface area contributed by atoms with Crippen LogP contribution in [0.4, 0.5) is 11.8 Å². The summed E-state index contributed by atoms with van der Waals surface area (Å²) in [5.74, 6) is 0.751. The third-order valence-corrected chi connectivity index (χ3v) is 1.46. The van der Waals surface area contributed by atoms with Gasteiger partial charge in [0.2, 0.25) is 11.8 Å². The molecule has 0 spiro atoms. The molecule has 0 aliphatic rings. The summed E-state index contributed by atoms with van der Waals surface area (Å²) in [6.07, 6.45) is -0.103. The Balaban J connectivity index is 2.66. The molecule has 1 atom stereocenters. The quantitative estimate of drug-likeness (QED) is 0.709. The van der Waals surface area contributed by atoms with Crippen molar-refractivity contribution in [1.82, 2.24) is 9.97 Å². The van der Waals surface area contributed by atoms with Gasteiger partial charge in [-0.25, -0.2) is 0 Å². The summed E-state index contributed by atoms with van der Waals surface area (Å²) in [6.45, 7) is 2.34. The molecule has 1 unspecified atom stereocenters. The number of hydrogen-bond donors (Lipinski definition) is 2. The second kappa shape index (κ2) is 4.61. The molecule has 0 amide bonds. The van der Waals surface area contributed by atoms with E-state index in [0.29, 0.717) is 12.5 Å². The van der Waals surface area contributed by atoms with Crippen molar-refractivity contribution in [2.45, 2.75) is 13.0 Å². The van der Waals surface area contributed by atoms with Crippen molar-refractivity contribution >= 4 is 11.8 Å². The van der Waals surface area contributed by atoms with Crippen molar-refractivity contribution in [2.24, 2.45) is 0 Å². The molecule has 0 bridgehead atoms. The molecule has 0 aliphatic heterocycles. The zero-order valence-electron chi connectivity index (χ0n) is 8.23. The lowest BCUT2D eigenvalue weighted by Crippen LogP contribution is -2.19. The van der Waals surface area contributed by atoms with E-state index < -0.39 is 0 Å². The van der Waals surface area contributed by atoms with Crippen molar-refractivity contribution in [1.29, 1.82) is 0 Å². The molecule has 0 aliphatic carbocycles. The molecule has 78 valence electrons. The minimum Gasteiger partial charge on any atom is -0.472 e. The molecule has 0 saturated carbocycles. The van der Waals surface area contributed by atoms with Crippen LogP contribution < -0.4 is 16.2 Å². The van der Waals surface area contributed by atoms with Gasteiger partial charge in [-0.15, -0.1) is 0 Å². The Labute approximate surface area is 82.2 Å². The van der Waals surface area contributed by atoms with Crippen LogP contribution in [0.25, 0.3) is 0 Å². The number of anilines is 2. The molecule has 14 heavy (non-hydrogen) atoms. The van der Waals surface area contributed by atoms with Crippen molar-refractivity contribution in [2.75, 3.05) is 25.2 Å². The number of ether oxygens (including phenoxy) is 2. The van der Waals surface area contributed by atoms with Crippen molar-refractivity contribution in [3.8, 4) is 5.88 Å². The molecule has 1 rings (SSSR count). The highest BCUT2D eigenvalue weighted by molar-refractivity contribution is 5.38. The van der Waals surface area contributed by atoms with E-state index in [0.717, 1.165) is 0 Å². The highest BCUT2D eigenvalue weighted by Gasteiger charge is 2.06. The second-order valence-electron chi connectivity index (χ2n) is 2.87. The minimum atomic E-state index is -0.103. The molecule has 0 saturated heterocycles. The van der Waals surface area contributed by atoms with Gasteiger partial charge in [0, 0.05) is 13.2 Å². The van der Waals surface area contributed by atoms with Gasteiger partial charge in [-0.1, -0.05) is 0 Å². The Kier molecular flexibility index (Phi) is 3.47. The van der Waals surface area contributed by atoms with Crippen LogP contribution in [0.5, 0.6) is 5.88 Å². The lowest BCUT2D eigenvalue weighted by molar-refractivity contribution is 0.0890. The van der Waals surface area contributed by atoms with E-state index in [4.69, 9.17) is 20.9 Å². The van der Waals surface area contributed by atoms with Crippen LogP contribution in [-0.4, -0.2) is 29.8 Å². The monoisotopic (exact) mass is 198 g/mol. The van der Waals surface area contributed by atoms with Gasteiger partial charge >= 0.3 is 0 Å². The predicted octanol–water partition coefficient (Wildman–Crippen LogP) is 0.0547. The first-order chi connectivity index (χ1) is 6.61. The largest absolute Gasteiger partial charge is 0.472 e. The normalized spacial score (nSPS) is 12.4. The summed E-state index contributed by atoms with van der Waals surface area (Å²) in [6, 6.07) is 1.52. The Morgan fingerprint density at radius 2 is 2.14 bits per heavy atom. The van der Waals surface area contributed by atoms with Crippen LogP contribution in [0.1, 0.15) is 6.92 Å². The van der Waals surface area contributed by atoms with Gasteiger partial charge in [-0.2, -0.15) is 9.97 Å². The standard InChI is InChI=1S/C8H14N4O2/c1-5(4-13-2)14-7-3-6(9)11-8(10)12-7/h3,5H,4H2,1-2H3,(H4,9,10,11,12). The fourth-order valence-corrected chi connectivity index (χ4v) is 0.996. The van der Waals surface area contributed by atoms with Crippen LogP contribution in [0.2, 0.25) is 0 Å². The third-order valence-electron chi connectivity index (χ3n) is 1.46. The van der Waals surface area contributed by atoms with E-state index in [-0.39, 0.29) is 17.9 Å². The van der Waals surface area contributed by atoms with Crippen LogP contribution in [-0.2, 0) is 4.74 Å². The summed E-state index contributed by atoms with van der Waals surface area (Å²) in [7, 11) is 1.60. The van der Waals surface area contributed by atoms with Gasteiger partial charge in [-0.3, -0.25) is 0 Å². The fraction of sp³-hybridized carbons (Fsp3) is 0.500. The van der Waals surface area contributed by atoms with Crippen molar-refractivity contribution < 1.29 is 9.47 Å². The molecule has 0 aromatic carbocycles. The van der Waals surface area contributed by atoms with E-state index in [1.807, 2.05) is 6.92 Å². The first-order valence-corrected chi connectivity index (χ1v) is 4.17. The molecule has 0 radical (unpaired) electrons. The van der Waals surface area contributed by atoms with Gasteiger partial charge in [0.15, 0.2) is 0 Å². The Bertz CT molecular complexity index is 285. The summed E-state index contributed by atoms with van der Waals surface area (Å²) in [4.78, 5) is 7.59. The van der Waals surface area contributed by atoms with Crippen LogP contribution >= 0.6 is 0 Å². The molecular weight excluding hydrogens is 184 g/mol. The predicted molar refractivity (Wildman–Crippen MR) is 52.8 cm³/mol. The molecule has 0 fully saturated rings. The Morgan fingerprint density at radius 1 is 1.43 bits per heavy atom. The molecule has 6 nitrogen and oxygen atoms in total. The number of rotatable bonds is 4. The first kappa shape index (κ1) is 10.5. The smallest absolute Gasteiger partial charge is 0.225 e. The van der Waals surface area contributed by atoms with Gasteiger partial charge < -0.3 is 20.9 Å². The van der Waals surface area contributed by atoms with Crippen molar-refractivity contribution in [3.63, 3.8) is 0 Å². The van der Waals surface area contributed by atoms with Crippen molar-refractivity contribution in [3.05, 3.63) is 6.07 Å². The highest BCUT2D eigenvalue weighted by Crippen LogP contribution is 2.13. The molecule has 6 heteroatoms. The maximum Gasteiger partial charge on any atom is 0.225 e. The zero-order chi connectivity index (χ0) is 10.6. The fourth-order valence-electron chi connectivity index (χ4n) is 0.996. The number of methoxy groups -OCH3 is 1. The molecule has 4 N–H and O–H groups in total. The summed E-state index contributed by atoms with van der Waals surface area (Å²) < 4.78 is 10.3. The number of hydrogen-bond acceptors (Lipinski definition) is 6. The van der Waals surface area contributed by atoms with Gasteiger partial charge in [0.05, 0.1) is 6.61 Å². The third kappa shape index (κ3) is 3.06. The van der Waals surface area contributed by atoms with Gasteiger partial charge in [0.25, 0.3) is 0 Å². The van der Waals surface area contributed by atoms with Gasteiger partial charge in [0.1, 0.15) is 11.9 Å². The molecule has 1 aromatic heterocycles. The summed E-state index contributed by atoms with van der Waals surface area (Å²) in [5.41, 5.74) is 10.9. The number of nitrogens with zero attached hydrogens (tertiary/aromatic N) is 2. The Hall–Kier alpha value is -1.56. The first-order valence-electron chi connectivity index (χ1n) is 4.17. The molecule has 1 aromatic rings. The van der Waals surface area contributed by atoms with E-state index in [1.54, 1.807) is 7.11 Å². The number of nitrogens with two attached hydrogens (primary N) is 2. The van der Waals surface area contributed by atoms with E-state index in [1.165, 1.54) is 6.07 Å². The Morgan fingerprint density at radius 3 is 2.71 bits per heavy atom. The molecular formula is C8H14N4O2. The number of nitrogen functional groups attached to an aromatic ring is 2. The SMILES string of the molecule is COCC(C)Oc1cc(N)nc(N)n1. The van der Waals surface area contributed by atoms with Gasteiger partial charge in [-0.05, 0) is 6.92 Å². The summed E-state index contributed by atoms with van der Waals surface area (Å²) in [5, 5.41) is 0. The zero-order valence-corrected chi connectivity index (χ0v) is 8.23. The topological polar surface area (TPSA) is 96.3 Å². The summed E-state index contributed by atoms with van der Waals surface area (Å²) >= 11 is 0. The van der Waals surface area contributed by atoms with E-state index in [9.17, 15) is 0 Å². The molecule has 1 heterocycles. The minimum absolute atomic E-state index is 0.101. The lowest BCUT2D eigenvalue weighted by Gasteiger charge is -2.12. The van der Waals surface area contributed by atoms with Crippen LogP contribution in [0, 0.1) is 0 Å². The lowest BCUT2D eigenvalue weighted by atomic mass is 10.4. The highest BCUT2D eigenvalue weighted by atomic mass is 16.5. The van der Waals surface area contributed by atoms with E-state index >= 15 is 0 Å². The van der Waals surface area contributed by atoms with Crippen LogP contribution in [0.15, 0.2) is 6.07 Å². The van der Waals surface area contributed by atoms with E-state index in [2.05, 4.69) is 9.97 Å².